The lowest BCUT2D eigenvalue weighted by atomic mass is 10.0. The lowest BCUT2D eigenvalue weighted by Gasteiger charge is -2.24. The molecule has 2 atom stereocenters. The smallest absolute Gasteiger partial charge is 0.462 e. The van der Waals surface area contributed by atoms with E-state index in [0.29, 0.717) is 17.4 Å². The third-order valence-electron chi connectivity index (χ3n) is 15.3. The van der Waals surface area contributed by atoms with Gasteiger partial charge in [0.1, 0.15) is 19.8 Å². The maximum absolute atomic E-state index is 12.9. The molecule has 0 saturated heterocycles. The normalized spacial score (nSPS) is 13.8. The quantitative estimate of drug-likeness (QED) is 0.0211. The summed E-state index contributed by atoms with van der Waals surface area (Å²) in [5, 5.41) is 0. The molecule has 0 aliphatic carbocycles. The van der Waals surface area contributed by atoms with Crippen LogP contribution in [-0.2, 0) is 32.7 Å². The molecule has 0 fully saturated rings. The highest BCUT2D eigenvalue weighted by atomic mass is 31.2. The Hall–Kier alpha value is -3.33. The van der Waals surface area contributed by atoms with Gasteiger partial charge in [-0.05, 0) is 103 Å². The van der Waals surface area contributed by atoms with Crippen LogP contribution in [0.3, 0.4) is 0 Å². The minimum absolute atomic E-state index is 0.0246. The number of hydrogen-bond donors (Lipinski definition) is 1. The van der Waals surface area contributed by atoms with Crippen LogP contribution in [0.25, 0.3) is 0 Å². The molecule has 0 spiro atoms. The SMILES string of the molecule is CC/C=C\C/C=C\C/C=C\C/C=C\C/C=C\C/C=C\CCCCCCCCC(=O)OC(COC(=O)CCCCCCCCCCCCCCCCCCCCCCCC/C=C\C/C=C\C/C=C\CCCCCCC)COP(=O)(O)OCC[N+](C)(C)C. The third kappa shape index (κ3) is 69.8. The molecule has 0 aliphatic heterocycles. The summed E-state index contributed by atoms with van der Waals surface area (Å²) in [5.41, 5.74) is 0. The van der Waals surface area contributed by atoms with E-state index in [0.717, 1.165) is 109 Å². The number of phosphoric acid groups is 1. The lowest BCUT2D eigenvalue weighted by Crippen LogP contribution is -2.37. The first-order chi connectivity index (χ1) is 42.0. The first-order valence-electron chi connectivity index (χ1n) is 35.6. The van der Waals surface area contributed by atoms with Gasteiger partial charge in [0.05, 0.1) is 27.7 Å². The second-order valence-electron chi connectivity index (χ2n) is 24.9. The number of quaternary nitrogens is 1. The highest BCUT2D eigenvalue weighted by Crippen LogP contribution is 2.43. The van der Waals surface area contributed by atoms with E-state index in [-0.39, 0.29) is 32.0 Å². The number of unbranched alkanes of at least 4 members (excludes halogenated alkanes) is 33. The average molecular weight is 1220 g/mol. The van der Waals surface area contributed by atoms with E-state index in [2.05, 4.69) is 123 Å². The van der Waals surface area contributed by atoms with Gasteiger partial charge in [0.2, 0.25) is 0 Å². The number of rotatable bonds is 65. The zero-order valence-corrected chi connectivity index (χ0v) is 57.4. The van der Waals surface area contributed by atoms with E-state index in [1.807, 2.05) is 21.1 Å². The van der Waals surface area contributed by atoms with Crippen molar-refractivity contribution in [2.75, 3.05) is 47.5 Å². The van der Waals surface area contributed by atoms with E-state index < -0.39 is 26.5 Å². The van der Waals surface area contributed by atoms with Crippen LogP contribution in [0.5, 0.6) is 0 Å². The molecule has 2 unspecified atom stereocenters. The summed E-state index contributed by atoms with van der Waals surface area (Å²) in [6.07, 6.45) is 93.4. The van der Waals surface area contributed by atoms with Gasteiger partial charge in [-0.15, -0.1) is 0 Å². The van der Waals surface area contributed by atoms with Crippen molar-refractivity contribution in [3.05, 3.63) is 109 Å². The third-order valence-corrected chi connectivity index (χ3v) is 16.3. The summed E-state index contributed by atoms with van der Waals surface area (Å²) >= 11 is 0. The number of likely N-dealkylation sites (N-methyl/N-ethyl adjacent to an activating group) is 1. The molecule has 1 N–H and O–H groups in total. The van der Waals surface area contributed by atoms with Crippen molar-refractivity contribution >= 4 is 19.8 Å². The van der Waals surface area contributed by atoms with Crippen molar-refractivity contribution in [2.45, 2.75) is 315 Å². The number of hydrogen-bond acceptors (Lipinski definition) is 7. The van der Waals surface area contributed by atoms with Gasteiger partial charge in [0, 0.05) is 12.8 Å². The van der Waals surface area contributed by atoms with E-state index in [9.17, 15) is 19.0 Å². The molecule has 0 saturated carbocycles. The Bertz CT molecular complexity index is 1820. The van der Waals surface area contributed by atoms with Gasteiger partial charge in [-0.2, -0.15) is 0 Å². The van der Waals surface area contributed by atoms with Crippen molar-refractivity contribution in [2.24, 2.45) is 0 Å². The molecule has 496 valence electrons. The van der Waals surface area contributed by atoms with Gasteiger partial charge < -0.3 is 18.9 Å². The van der Waals surface area contributed by atoms with Gasteiger partial charge in [-0.1, -0.05) is 303 Å². The molecule has 9 nitrogen and oxygen atoms in total. The number of carbonyl (C=O) groups is 2. The number of allylic oxidation sites excluding steroid dienone is 18. The second-order valence-corrected chi connectivity index (χ2v) is 26.3. The summed E-state index contributed by atoms with van der Waals surface area (Å²) in [6.45, 7) is 4.31. The molecule has 0 amide bonds. The molecular weight excluding hydrogens is 1090 g/mol. The van der Waals surface area contributed by atoms with Crippen molar-refractivity contribution < 1.29 is 42.1 Å². The van der Waals surface area contributed by atoms with Crippen LogP contribution < -0.4 is 0 Å². The molecule has 0 aromatic rings. The molecule has 10 heteroatoms. The highest BCUT2D eigenvalue weighted by Gasteiger charge is 2.27. The maximum Gasteiger partial charge on any atom is 0.472 e. The van der Waals surface area contributed by atoms with Crippen LogP contribution in [-0.4, -0.2) is 74.9 Å². The average Bonchev–Trinajstić information content (AvgIpc) is 3.70. The minimum Gasteiger partial charge on any atom is -0.462 e. The summed E-state index contributed by atoms with van der Waals surface area (Å²) in [7, 11) is 1.46. The Morgan fingerprint density at radius 1 is 0.372 bits per heavy atom. The van der Waals surface area contributed by atoms with E-state index in [1.54, 1.807) is 0 Å². The largest absolute Gasteiger partial charge is 0.472 e. The van der Waals surface area contributed by atoms with E-state index >= 15 is 0 Å². The number of nitrogens with zero attached hydrogens (tertiary/aromatic N) is 1. The topological polar surface area (TPSA) is 108 Å². The number of carbonyl (C=O) groups excluding carboxylic acids is 2. The fourth-order valence-corrected chi connectivity index (χ4v) is 10.6. The Kier molecular flexibility index (Phi) is 63.5. The van der Waals surface area contributed by atoms with Gasteiger partial charge in [0.25, 0.3) is 0 Å². The zero-order chi connectivity index (χ0) is 62.6. The van der Waals surface area contributed by atoms with Crippen LogP contribution in [0.15, 0.2) is 109 Å². The molecule has 0 rings (SSSR count). The first-order valence-corrected chi connectivity index (χ1v) is 37.1. The monoisotopic (exact) mass is 1220 g/mol. The molecule has 86 heavy (non-hydrogen) atoms. The predicted octanol–water partition coefficient (Wildman–Crippen LogP) is 23.3. The van der Waals surface area contributed by atoms with Crippen LogP contribution in [0.4, 0.5) is 0 Å². The van der Waals surface area contributed by atoms with Crippen molar-refractivity contribution in [3.8, 4) is 0 Å². The molecule has 0 aromatic carbocycles. The maximum atomic E-state index is 12.9. The number of esters is 2. The summed E-state index contributed by atoms with van der Waals surface area (Å²) < 4.78 is 34.7. The molecule has 0 aliphatic rings. The Morgan fingerprint density at radius 3 is 0.988 bits per heavy atom. The fraction of sp³-hybridized carbons (Fsp3) is 0.737. The lowest BCUT2D eigenvalue weighted by molar-refractivity contribution is -0.870. The van der Waals surface area contributed by atoms with E-state index in [4.69, 9.17) is 18.5 Å². The number of ether oxygens (including phenoxy) is 2. The Labute approximate surface area is 531 Å². The summed E-state index contributed by atoms with van der Waals surface area (Å²) in [4.78, 5) is 35.9. The molecule has 0 radical (unpaired) electrons. The van der Waals surface area contributed by atoms with Gasteiger partial charge in [-0.3, -0.25) is 18.6 Å². The van der Waals surface area contributed by atoms with Crippen LogP contribution >= 0.6 is 7.82 Å². The first kappa shape index (κ1) is 82.7. The Balaban J connectivity index is 4.02. The minimum atomic E-state index is -4.40. The van der Waals surface area contributed by atoms with Gasteiger partial charge in [0.15, 0.2) is 6.10 Å². The van der Waals surface area contributed by atoms with Crippen LogP contribution in [0.2, 0.25) is 0 Å². The zero-order valence-electron chi connectivity index (χ0n) is 56.5. The van der Waals surface area contributed by atoms with Gasteiger partial charge in [-0.25, -0.2) is 4.57 Å². The standard InChI is InChI=1S/C76H134NO8P/c1-6-8-10-12-14-16-18-20-22-24-26-28-30-32-33-34-35-36-37-38-39-40-41-42-43-45-46-48-50-52-54-56-58-60-62-64-66-68-75(78)82-72-74(73-84-86(80,81)83-71-70-77(3,4)5)85-76(79)69-67-65-63-61-59-57-55-53-51-49-47-44-31-29-27-25-23-21-19-17-15-13-11-9-7-2/h9,11,15,17-18,20-21,23-24,26-27,29-30,32,44,47,51,53,74H,6-8,10,12-14,16,19,22,25,28,31,33-43,45-46,48-50,52,54-73H2,1-5H3/p+1/b11-9-,17-15-,20-18-,23-21-,26-24-,29-27-,32-30-,47-44-,53-51-. The fourth-order valence-electron chi connectivity index (χ4n) is 9.85. The highest BCUT2D eigenvalue weighted by molar-refractivity contribution is 7.47. The molecule has 0 aromatic heterocycles. The number of phosphoric ester groups is 1. The van der Waals surface area contributed by atoms with Crippen LogP contribution in [0.1, 0.15) is 309 Å². The van der Waals surface area contributed by atoms with Gasteiger partial charge >= 0.3 is 19.8 Å². The summed E-state index contributed by atoms with van der Waals surface area (Å²) in [6, 6.07) is 0. The Morgan fingerprint density at radius 2 is 0.663 bits per heavy atom. The molecular formula is C76H135NO8P+. The molecule has 0 heterocycles. The summed E-state index contributed by atoms with van der Waals surface area (Å²) in [5.74, 6) is -0.809. The van der Waals surface area contributed by atoms with Crippen LogP contribution in [0, 0.1) is 0 Å². The van der Waals surface area contributed by atoms with Crippen molar-refractivity contribution in [3.63, 3.8) is 0 Å². The van der Waals surface area contributed by atoms with Crippen molar-refractivity contribution in [1.82, 2.24) is 0 Å². The predicted molar refractivity (Wildman–Crippen MR) is 371 cm³/mol. The van der Waals surface area contributed by atoms with Crippen molar-refractivity contribution in [1.29, 1.82) is 0 Å². The molecule has 0 bridgehead atoms. The second kappa shape index (κ2) is 66.1. The van der Waals surface area contributed by atoms with E-state index in [1.165, 1.54) is 167 Å².